The molecule has 4 heterocycles. The van der Waals surface area contributed by atoms with Crippen molar-refractivity contribution in [1.29, 1.82) is 0 Å². The largest absolute Gasteiger partial charge is 0.488 e. The maximum absolute atomic E-state index is 8.58. The molecule has 0 spiro atoms. The molecule has 1 radical (unpaired) electrons. The molecule has 6 nitrogen and oxygen atoms in total. The smallest absolute Gasteiger partial charge is 0.423 e. The van der Waals surface area contributed by atoms with E-state index in [-0.39, 0.29) is 44.3 Å². The van der Waals surface area contributed by atoms with Crippen molar-refractivity contribution in [2.45, 2.75) is 97.8 Å². The summed E-state index contributed by atoms with van der Waals surface area (Å²) in [4.78, 5) is 17.5. The van der Waals surface area contributed by atoms with Crippen LogP contribution in [0.15, 0.2) is 170 Å². The normalized spacial score (nSPS) is 23.0. The summed E-state index contributed by atoms with van der Waals surface area (Å²) in [5.41, 5.74) is 16.2. The Morgan fingerprint density at radius 1 is 0.554 bits per heavy atom. The second kappa shape index (κ2) is 22.3. The number of hydrogen-bond donors (Lipinski definition) is 2. The second-order valence-corrected chi connectivity index (χ2v) is 22.8. The summed E-state index contributed by atoms with van der Waals surface area (Å²) < 4.78 is 30.1. The van der Waals surface area contributed by atoms with Gasteiger partial charge in [-0.2, -0.15) is 0 Å². The molecule has 2 N–H and O–H groups in total. The van der Waals surface area contributed by atoms with Crippen molar-refractivity contribution < 1.29 is 35.6 Å². The average Bonchev–Trinajstić information content (AvgIpc) is 3.49. The number of halogens is 1. The molecule has 6 bridgehead atoms. The van der Waals surface area contributed by atoms with Crippen LogP contribution in [0.4, 0.5) is 0 Å². The van der Waals surface area contributed by atoms with Crippen LogP contribution in [0.25, 0.3) is 33.8 Å². The molecule has 17 rings (SSSR count). The Morgan fingerprint density at radius 2 is 1.07 bits per heavy atom. The first kappa shape index (κ1) is 48.1. The molecule has 6 atom stereocenters. The van der Waals surface area contributed by atoms with Crippen LogP contribution in [-0.2, 0) is 39.4 Å². The first-order valence-corrected chi connectivity index (χ1v) is 26.2. The zero-order valence-electron chi connectivity index (χ0n) is 47.0. The van der Waals surface area contributed by atoms with Crippen LogP contribution in [0.3, 0.4) is 0 Å². The van der Waals surface area contributed by atoms with Gasteiger partial charge in [-0.3, -0.25) is 4.98 Å². The van der Waals surface area contributed by atoms with E-state index in [2.05, 4.69) is 147 Å². The van der Waals surface area contributed by atoms with Crippen molar-refractivity contribution >= 4 is 24.2 Å². The quantitative estimate of drug-likeness (QED) is 0.104. The van der Waals surface area contributed by atoms with E-state index in [0.29, 0.717) is 38.1 Å². The number of hydrogen-bond acceptors (Lipinski definition) is 6. The molecule has 9 heteroatoms. The van der Waals surface area contributed by atoms with Crippen LogP contribution < -0.4 is 5.46 Å². The summed E-state index contributed by atoms with van der Waals surface area (Å²) in [5.74, 6) is 4.79. The maximum Gasteiger partial charge on any atom is 0.488 e. The molecule has 6 unspecified atom stereocenters. The van der Waals surface area contributed by atoms with Gasteiger partial charge in [0.15, 0.2) is 0 Å². The van der Waals surface area contributed by atoms with Gasteiger partial charge >= 0.3 is 7.12 Å². The van der Waals surface area contributed by atoms with Gasteiger partial charge in [0.1, 0.15) is 5.15 Å². The zero-order chi connectivity index (χ0) is 54.4. The topological polar surface area (TPSA) is 92.0 Å². The van der Waals surface area contributed by atoms with Crippen LogP contribution in [0.5, 0.6) is 0 Å². The molecule has 379 valence electrons. The third-order valence-electron chi connectivity index (χ3n) is 17.5. The molecule has 3 saturated carbocycles. The maximum atomic E-state index is 8.58. The Morgan fingerprint density at radius 3 is 1.58 bits per heavy atom. The van der Waals surface area contributed by atoms with E-state index >= 15 is 0 Å². The average molecular weight is 1180 g/mol. The van der Waals surface area contributed by atoms with Crippen LogP contribution in [0.1, 0.15) is 117 Å². The van der Waals surface area contributed by atoms with Crippen molar-refractivity contribution in [2.24, 2.45) is 34.0 Å². The Balaban J connectivity index is 0.000000120. The van der Waals surface area contributed by atoms with Crippen LogP contribution in [-0.4, -0.2) is 37.1 Å². The van der Waals surface area contributed by atoms with Gasteiger partial charge in [0.05, 0.1) is 5.69 Å². The minimum Gasteiger partial charge on any atom is -0.423 e. The molecule has 4 aromatic carbocycles. The van der Waals surface area contributed by atoms with Gasteiger partial charge in [-0.1, -0.05) is 132 Å². The van der Waals surface area contributed by atoms with Gasteiger partial charge in [0.25, 0.3) is 0 Å². The molecule has 9 aliphatic rings. The first-order chi connectivity index (χ1) is 36.8. The monoisotopic (exact) mass is 1180 g/mol. The predicted molar refractivity (Wildman–Crippen MR) is 297 cm³/mol. The fraction of sp³-hybridized carbons (Fsp3) is 0.323. The summed E-state index contributed by atoms with van der Waals surface area (Å²) in [6.45, 7) is 14.5. The summed E-state index contributed by atoms with van der Waals surface area (Å²) in [7, 11) is -1.34. The molecule has 4 aromatic heterocycles. The molecule has 0 saturated heterocycles. The SMILES string of the molecule is CC1(C)C2Cc3cnc(-c4[c-]cccc4)cc3C1C2.CC1(C)C2Cc3cnc(-c4ccccc4)cc3C1C2.CC1(C)C2Cc3cnc(Cl)cc3C1C2.OB(O)c1ccccc1.[2H]c1[c-]c(-c2ccccn2)c([2H])c([2H])c1[2H].[Ir]. The Hall–Kier alpha value is -5.60. The zero-order valence-corrected chi connectivity index (χ0v) is 46.2. The summed E-state index contributed by atoms with van der Waals surface area (Å²) >= 11 is 5.94. The predicted octanol–water partition coefficient (Wildman–Crippen LogP) is 14.0. The van der Waals surface area contributed by atoms with Crippen molar-refractivity contribution in [3.05, 3.63) is 221 Å². The third kappa shape index (κ3) is 10.9. The molecular weight excluding hydrogens is 1110 g/mol. The van der Waals surface area contributed by atoms with Gasteiger partial charge in [0.2, 0.25) is 0 Å². The number of pyridine rings is 4. The second-order valence-electron chi connectivity index (χ2n) is 22.4. The Labute approximate surface area is 463 Å². The van der Waals surface area contributed by atoms with Gasteiger partial charge in [-0.05, 0) is 161 Å². The van der Waals surface area contributed by atoms with Gasteiger partial charge in [0, 0.05) is 53.2 Å². The standard InChI is InChI=1S/C18H19N.C18H18N.C12H14ClN.C11H8N.C6H7BO2.Ir/c2*1-18(2)14-8-13-11-19-17(10-15(13)16(18)9-14)12-6-4-3-5-7-12;1-12(2)8-3-7-6-14-11(13)5-9(7)10(12)4-8;1-2-6-10(7-3-1)11-8-4-5-9-12-11;8-7(9)6-4-2-1-3-5-6;/h3-7,10-11,14,16H,8-9H2,1-2H3;3-6,10-11,14,16H,8-9H2,1-2H3;5-6,8,10H,3-4H2,1-2H3;1-6,8-9H;1-5,8-9H;/q;-1;;-1;;/i;;;1D,2D,3D,6D;;. The van der Waals surface area contributed by atoms with Crippen LogP contribution in [0.2, 0.25) is 5.15 Å². The van der Waals surface area contributed by atoms with E-state index in [1.807, 2.05) is 24.4 Å². The Kier molecular flexibility index (Phi) is 14.5. The fourth-order valence-corrected chi connectivity index (χ4v) is 12.6. The number of benzene rings is 4. The van der Waals surface area contributed by atoms with Gasteiger partial charge < -0.3 is 20.0 Å². The molecular formula is C65H66BClIrN4O2-2. The minimum atomic E-state index is -1.34. The molecule has 3 fully saturated rings. The first-order valence-electron chi connectivity index (χ1n) is 27.8. The Bertz CT molecular complexity index is 3280. The van der Waals surface area contributed by atoms with E-state index in [0.717, 1.165) is 52.5 Å². The van der Waals surface area contributed by atoms with E-state index in [1.165, 1.54) is 71.9 Å². The van der Waals surface area contributed by atoms with E-state index in [4.69, 9.17) is 27.1 Å². The molecule has 0 aliphatic heterocycles. The van der Waals surface area contributed by atoms with Gasteiger partial charge in [-0.25, -0.2) is 4.98 Å². The molecule has 0 amide bonds. The van der Waals surface area contributed by atoms with Crippen molar-refractivity contribution in [3.8, 4) is 33.8 Å². The van der Waals surface area contributed by atoms with E-state index in [9.17, 15) is 0 Å². The molecule has 8 aromatic rings. The van der Waals surface area contributed by atoms with E-state index < -0.39 is 7.12 Å². The van der Waals surface area contributed by atoms with Crippen molar-refractivity contribution in [1.82, 2.24) is 19.9 Å². The summed E-state index contributed by atoms with van der Waals surface area (Å²) in [6.07, 6.45) is 15.5. The van der Waals surface area contributed by atoms with Crippen molar-refractivity contribution in [3.63, 3.8) is 0 Å². The fourth-order valence-electron chi connectivity index (χ4n) is 12.4. The molecule has 74 heavy (non-hydrogen) atoms. The van der Waals surface area contributed by atoms with Crippen LogP contribution >= 0.6 is 11.6 Å². The van der Waals surface area contributed by atoms with E-state index in [1.54, 1.807) is 54.2 Å². The van der Waals surface area contributed by atoms with Gasteiger partial charge in [-0.15, -0.1) is 71.7 Å². The number of nitrogens with zero attached hydrogens (tertiary/aromatic N) is 4. The van der Waals surface area contributed by atoms with Crippen molar-refractivity contribution in [2.75, 3.05) is 0 Å². The summed E-state index contributed by atoms with van der Waals surface area (Å²) in [6, 6.07) is 44.2. The number of aromatic nitrogens is 4. The third-order valence-corrected chi connectivity index (χ3v) is 17.8. The molecule has 9 aliphatic carbocycles. The minimum absolute atomic E-state index is 0. The summed E-state index contributed by atoms with van der Waals surface area (Å²) in [5, 5.41) is 17.8. The number of rotatable bonds is 4. The van der Waals surface area contributed by atoms with Crippen LogP contribution in [0, 0.1) is 46.1 Å².